The number of benzene rings is 2. The van der Waals surface area contributed by atoms with Gasteiger partial charge in [-0.2, -0.15) is 0 Å². The number of hydrogen-bond donors (Lipinski definition) is 3. The van der Waals surface area contributed by atoms with E-state index in [4.69, 9.17) is 5.11 Å². The summed E-state index contributed by atoms with van der Waals surface area (Å²) in [4.78, 5) is 29.6. The molecule has 1 fully saturated rings. The highest BCUT2D eigenvalue weighted by atomic mass is 32.2. The van der Waals surface area contributed by atoms with Gasteiger partial charge in [0.15, 0.2) is 5.01 Å². The first-order valence-electron chi connectivity index (χ1n) is 12.0. The van der Waals surface area contributed by atoms with Crippen molar-refractivity contribution in [1.29, 1.82) is 0 Å². The maximum atomic E-state index is 13.2. The predicted octanol–water partition coefficient (Wildman–Crippen LogP) is 4.59. The average molecular weight is 530 g/mol. The number of aliphatic carboxylic acids is 1. The van der Waals surface area contributed by atoms with Crippen LogP contribution in [0.25, 0.3) is 21.2 Å². The molecule has 0 radical (unpaired) electrons. The number of aryl methyl sites for hydroxylation is 1. The number of hydrogen-bond acceptors (Lipinski definition) is 6. The van der Waals surface area contributed by atoms with E-state index in [0.29, 0.717) is 29.7 Å². The lowest BCUT2D eigenvalue weighted by Crippen LogP contribution is -2.46. The van der Waals surface area contributed by atoms with Crippen LogP contribution in [-0.4, -0.2) is 42.0 Å². The molecule has 0 aliphatic heterocycles. The van der Waals surface area contributed by atoms with E-state index in [2.05, 4.69) is 15.0 Å². The van der Waals surface area contributed by atoms with Crippen LogP contribution in [0.5, 0.6) is 0 Å². The summed E-state index contributed by atoms with van der Waals surface area (Å²) in [6.07, 6.45) is 2.35. The molecular formula is C26H31N3O5S2. The summed E-state index contributed by atoms with van der Waals surface area (Å²) in [5.41, 5.74) is 0.991. The second-order valence-corrected chi connectivity index (χ2v) is 12.9. The van der Waals surface area contributed by atoms with Crippen LogP contribution in [0.15, 0.2) is 41.3 Å². The molecule has 8 nitrogen and oxygen atoms in total. The molecule has 0 saturated heterocycles. The molecule has 192 valence electrons. The Bertz CT molecular complexity index is 1420. The first-order chi connectivity index (χ1) is 16.9. The van der Waals surface area contributed by atoms with Crippen molar-refractivity contribution >= 4 is 44.0 Å². The molecule has 1 amide bonds. The number of nitrogens with one attached hydrogen (secondary N) is 2. The second kappa shape index (κ2) is 9.91. The largest absolute Gasteiger partial charge is 0.481 e. The van der Waals surface area contributed by atoms with E-state index in [1.807, 2.05) is 25.1 Å². The molecule has 1 aliphatic rings. The van der Waals surface area contributed by atoms with Crippen LogP contribution in [0.2, 0.25) is 0 Å². The SMILES string of the molecule is CCCc1nc(C(=O)NC2CC(C(=O)O)C2)sc1-c1ccc(S(=O)(=O)NC(C)(C)C)c2ccccc12. The van der Waals surface area contributed by atoms with Gasteiger partial charge in [-0.3, -0.25) is 9.59 Å². The lowest BCUT2D eigenvalue weighted by Gasteiger charge is -2.32. The van der Waals surface area contributed by atoms with Crippen molar-refractivity contribution in [2.45, 2.75) is 69.9 Å². The number of carbonyl (C=O) groups excluding carboxylic acids is 1. The quantitative estimate of drug-likeness (QED) is 0.392. The molecule has 0 spiro atoms. The molecule has 0 unspecified atom stereocenters. The number of fused-ring (bicyclic) bond motifs is 1. The van der Waals surface area contributed by atoms with Crippen LogP contribution in [0.3, 0.4) is 0 Å². The van der Waals surface area contributed by atoms with Crippen molar-refractivity contribution in [2.75, 3.05) is 0 Å². The number of carboxylic acids is 1. The zero-order chi connectivity index (χ0) is 26.3. The molecule has 0 atom stereocenters. The molecule has 0 bridgehead atoms. The molecular weight excluding hydrogens is 498 g/mol. The number of sulfonamides is 1. The Hall–Kier alpha value is -2.82. The fourth-order valence-electron chi connectivity index (χ4n) is 4.41. The minimum atomic E-state index is -3.76. The Balaban J connectivity index is 1.72. The highest BCUT2D eigenvalue weighted by molar-refractivity contribution is 7.89. The molecule has 1 aliphatic carbocycles. The lowest BCUT2D eigenvalue weighted by atomic mass is 9.80. The average Bonchev–Trinajstić information content (AvgIpc) is 3.17. The summed E-state index contributed by atoms with van der Waals surface area (Å²) in [5, 5.41) is 13.7. The van der Waals surface area contributed by atoms with E-state index in [1.165, 1.54) is 11.3 Å². The lowest BCUT2D eigenvalue weighted by molar-refractivity contribution is -0.145. The van der Waals surface area contributed by atoms with Gasteiger partial charge in [0, 0.05) is 22.5 Å². The molecule has 1 aromatic heterocycles. The molecule has 4 rings (SSSR count). The summed E-state index contributed by atoms with van der Waals surface area (Å²) >= 11 is 1.28. The van der Waals surface area contributed by atoms with Gasteiger partial charge in [0.1, 0.15) is 0 Å². The molecule has 10 heteroatoms. The number of aromatic nitrogens is 1. The van der Waals surface area contributed by atoms with Crippen molar-refractivity contribution in [1.82, 2.24) is 15.0 Å². The third kappa shape index (κ3) is 5.45. The number of nitrogens with zero attached hydrogens (tertiary/aromatic N) is 1. The van der Waals surface area contributed by atoms with Gasteiger partial charge in [-0.25, -0.2) is 18.1 Å². The Morgan fingerprint density at radius 2 is 1.78 bits per heavy atom. The molecule has 36 heavy (non-hydrogen) atoms. The standard InChI is InChI=1S/C26H31N3O5S2/c1-5-8-20-22(35-24(28-20)23(30)27-16-13-15(14-16)25(31)32)19-11-12-21(18-10-7-6-9-17(18)19)36(33,34)29-26(2,3)4/h6-7,9-12,15-16,29H,5,8,13-14H2,1-4H3,(H,27,30)(H,31,32). The minimum Gasteiger partial charge on any atom is -0.481 e. The van der Waals surface area contributed by atoms with Crippen LogP contribution in [0.4, 0.5) is 0 Å². The van der Waals surface area contributed by atoms with Crippen LogP contribution in [-0.2, 0) is 21.2 Å². The molecule has 2 aromatic carbocycles. The van der Waals surface area contributed by atoms with E-state index < -0.39 is 27.4 Å². The van der Waals surface area contributed by atoms with E-state index >= 15 is 0 Å². The van der Waals surface area contributed by atoms with Crippen molar-refractivity contribution < 1.29 is 23.1 Å². The van der Waals surface area contributed by atoms with Crippen molar-refractivity contribution in [3.8, 4) is 10.4 Å². The van der Waals surface area contributed by atoms with Gasteiger partial charge in [-0.15, -0.1) is 11.3 Å². The zero-order valence-electron chi connectivity index (χ0n) is 20.8. The normalized spacial score (nSPS) is 18.1. The summed E-state index contributed by atoms with van der Waals surface area (Å²) in [5.74, 6) is -1.56. The number of carbonyl (C=O) groups is 2. The number of rotatable bonds is 8. The second-order valence-electron chi connectivity index (χ2n) is 10.2. The molecule has 1 saturated carbocycles. The predicted molar refractivity (Wildman–Crippen MR) is 141 cm³/mol. The first-order valence-corrected chi connectivity index (χ1v) is 14.3. The third-order valence-electron chi connectivity index (χ3n) is 6.06. The summed E-state index contributed by atoms with van der Waals surface area (Å²) in [6, 6.07) is 10.6. The van der Waals surface area contributed by atoms with Gasteiger partial charge in [0.2, 0.25) is 10.0 Å². The summed E-state index contributed by atoms with van der Waals surface area (Å²) < 4.78 is 29.1. The van der Waals surface area contributed by atoms with Crippen LogP contribution >= 0.6 is 11.3 Å². The monoisotopic (exact) mass is 529 g/mol. The van der Waals surface area contributed by atoms with Gasteiger partial charge in [0.25, 0.3) is 5.91 Å². The van der Waals surface area contributed by atoms with Gasteiger partial charge < -0.3 is 10.4 Å². The number of amides is 1. The zero-order valence-corrected chi connectivity index (χ0v) is 22.4. The van der Waals surface area contributed by atoms with E-state index in [0.717, 1.165) is 27.9 Å². The van der Waals surface area contributed by atoms with Crippen molar-refractivity contribution in [2.24, 2.45) is 5.92 Å². The number of thiazole rings is 1. The topological polar surface area (TPSA) is 125 Å². The van der Waals surface area contributed by atoms with E-state index in [9.17, 15) is 18.0 Å². The Morgan fingerprint density at radius 3 is 2.39 bits per heavy atom. The van der Waals surface area contributed by atoms with Gasteiger partial charge >= 0.3 is 5.97 Å². The fourth-order valence-corrected chi connectivity index (χ4v) is 7.10. The van der Waals surface area contributed by atoms with Crippen LogP contribution in [0.1, 0.15) is 62.5 Å². The maximum Gasteiger partial charge on any atom is 0.306 e. The molecule has 3 N–H and O–H groups in total. The van der Waals surface area contributed by atoms with Crippen LogP contribution in [0, 0.1) is 5.92 Å². The maximum absolute atomic E-state index is 13.2. The highest BCUT2D eigenvalue weighted by Gasteiger charge is 2.36. The van der Waals surface area contributed by atoms with E-state index in [1.54, 1.807) is 39.0 Å². The Morgan fingerprint density at radius 1 is 1.11 bits per heavy atom. The Labute approximate surface area is 215 Å². The summed E-state index contributed by atoms with van der Waals surface area (Å²) in [7, 11) is -3.76. The molecule has 3 aromatic rings. The van der Waals surface area contributed by atoms with Crippen molar-refractivity contribution in [3.05, 3.63) is 47.1 Å². The van der Waals surface area contributed by atoms with Crippen LogP contribution < -0.4 is 10.0 Å². The van der Waals surface area contributed by atoms with Crippen molar-refractivity contribution in [3.63, 3.8) is 0 Å². The van der Waals surface area contributed by atoms with Gasteiger partial charge in [-0.05, 0) is 51.5 Å². The van der Waals surface area contributed by atoms with E-state index in [-0.39, 0.29) is 16.8 Å². The van der Waals surface area contributed by atoms with Gasteiger partial charge in [-0.1, -0.05) is 43.7 Å². The third-order valence-corrected chi connectivity index (χ3v) is 9.01. The fraction of sp³-hybridized carbons (Fsp3) is 0.423. The first kappa shape index (κ1) is 26.2. The summed E-state index contributed by atoms with van der Waals surface area (Å²) in [6.45, 7) is 7.43. The smallest absolute Gasteiger partial charge is 0.306 e. The minimum absolute atomic E-state index is 0.166. The highest BCUT2D eigenvalue weighted by Crippen LogP contribution is 2.38. The van der Waals surface area contributed by atoms with Gasteiger partial charge in [0.05, 0.1) is 21.4 Å². The molecule has 1 heterocycles. The Kier molecular flexibility index (Phi) is 7.23. The number of carboxylic acid groups (broad SMARTS) is 1.